The molecule has 26 heavy (non-hydrogen) atoms. The number of hydrogen-bond donors (Lipinski definition) is 0. The lowest BCUT2D eigenvalue weighted by Gasteiger charge is -2.34. The van der Waals surface area contributed by atoms with E-state index in [4.69, 9.17) is 0 Å². The third-order valence-corrected chi connectivity index (χ3v) is 7.01. The molecular formula is C16H21F3N2O3S2. The third kappa shape index (κ3) is 4.72. The summed E-state index contributed by atoms with van der Waals surface area (Å²) < 4.78 is 66.1. The molecule has 1 aromatic carbocycles. The molecule has 146 valence electrons. The number of piperazine rings is 1. The van der Waals surface area contributed by atoms with Crippen LogP contribution in [-0.2, 0) is 14.8 Å². The first kappa shape index (κ1) is 21.0. The lowest BCUT2D eigenvalue weighted by molar-refractivity contribution is -0.129. The summed E-state index contributed by atoms with van der Waals surface area (Å²) >= 11 is 1.49. The van der Waals surface area contributed by atoms with Gasteiger partial charge in [0.05, 0.1) is 5.75 Å². The second-order valence-corrected chi connectivity index (χ2v) is 10.6. The maximum absolute atomic E-state index is 13.8. The number of sulfonamides is 1. The van der Waals surface area contributed by atoms with Crippen LogP contribution >= 0.6 is 11.8 Å². The van der Waals surface area contributed by atoms with Crippen molar-refractivity contribution in [3.05, 3.63) is 29.6 Å². The van der Waals surface area contributed by atoms with Crippen molar-refractivity contribution in [2.45, 2.75) is 30.4 Å². The second kappa shape index (κ2) is 7.77. The molecule has 1 aliphatic rings. The fourth-order valence-electron chi connectivity index (χ4n) is 2.39. The van der Waals surface area contributed by atoms with Gasteiger partial charge in [-0.25, -0.2) is 21.6 Å². The highest BCUT2D eigenvalue weighted by atomic mass is 32.2. The number of halogens is 3. The number of carbonyl (C=O) groups is 1. The summed E-state index contributed by atoms with van der Waals surface area (Å²) in [4.78, 5) is 12.8. The molecule has 10 heteroatoms. The highest BCUT2D eigenvalue weighted by Gasteiger charge is 2.33. The lowest BCUT2D eigenvalue weighted by Crippen LogP contribution is -2.51. The van der Waals surface area contributed by atoms with Crippen LogP contribution in [0, 0.1) is 17.5 Å². The van der Waals surface area contributed by atoms with Gasteiger partial charge in [0.1, 0.15) is 4.90 Å². The Balaban J connectivity index is 2.05. The van der Waals surface area contributed by atoms with E-state index in [2.05, 4.69) is 0 Å². The first-order valence-electron chi connectivity index (χ1n) is 7.99. The van der Waals surface area contributed by atoms with Gasteiger partial charge in [-0.05, 0) is 12.1 Å². The van der Waals surface area contributed by atoms with Crippen LogP contribution in [-0.4, -0.2) is 60.2 Å². The molecule has 1 aliphatic heterocycles. The van der Waals surface area contributed by atoms with Crippen molar-refractivity contribution in [2.24, 2.45) is 0 Å². The molecule has 1 saturated heterocycles. The van der Waals surface area contributed by atoms with Gasteiger partial charge in [-0.15, -0.1) is 11.8 Å². The Morgan fingerprint density at radius 1 is 1.08 bits per heavy atom. The van der Waals surface area contributed by atoms with Gasteiger partial charge >= 0.3 is 0 Å². The van der Waals surface area contributed by atoms with Gasteiger partial charge < -0.3 is 4.90 Å². The van der Waals surface area contributed by atoms with Gasteiger partial charge in [0, 0.05) is 30.9 Å². The zero-order valence-electron chi connectivity index (χ0n) is 14.8. The van der Waals surface area contributed by atoms with Crippen LogP contribution in [0.25, 0.3) is 0 Å². The van der Waals surface area contributed by atoms with Gasteiger partial charge in [0.25, 0.3) is 0 Å². The molecule has 0 N–H and O–H groups in total. The predicted octanol–water partition coefficient (Wildman–Crippen LogP) is 2.47. The minimum atomic E-state index is -4.31. The number of hydrogen-bond acceptors (Lipinski definition) is 4. The summed E-state index contributed by atoms with van der Waals surface area (Å²) in [6.45, 7) is 6.23. The summed E-state index contributed by atoms with van der Waals surface area (Å²) in [7, 11) is -4.31. The Hall–Kier alpha value is -1.26. The average molecular weight is 410 g/mol. The van der Waals surface area contributed by atoms with E-state index in [1.807, 2.05) is 20.8 Å². The summed E-state index contributed by atoms with van der Waals surface area (Å²) in [5.41, 5.74) is 0. The molecule has 2 rings (SSSR count). The first-order valence-corrected chi connectivity index (χ1v) is 10.4. The fourth-order valence-corrected chi connectivity index (χ4v) is 4.61. The van der Waals surface area contributed by atoms with Crippen LogP contribution in [0.4, 0.5) is 13.2 Å². The SMILES string of the molecule is CC(C)(C)SCC(=O)N1CCN(S(=O)(=O)c2ccc(F)c(F)c2F)CC1. The molecular weight excluding hydrogens is 389 g/mol. The van der Waals surface area contributed by atoms with Gasteiger partial charge in [0.2, 0.25) is 15.9 Å². The number of amides is 1. The van der Waals surface area contributed by atoms with Gasteiger partial charge in [-0.3, -0.25) is 4.79 Å². The number of thioether (sulfide) groups is 1. The van der Waals surface area contributed by atoms with Crippen molar-refractivity contribution in [1.29, 1.82) is 0 Å². The first-order chi connectivity index (χ1) is 11.9. The normalized spacial score (nSPS) is 16.8. The van der Waals surface area contributed by atoms with Gasteiger partial charge in [-0.1, -0.05) is 20.8 Å². The fraction of sp³-hybridized carbons (Fsp3) is 0.562. The number of benzene rings is 1. The van der Waals surface area contributed by atoms with Crippen LogP contribution in [0.5, 0.6) is 0 Å². The molecule has 1 fully saturated rings. The van der Waals surface area contributed by atoms with Crippen LogP contribution in [0.2, 0.25) is 0 Å². The monoisotopic (exact) mass is 410 g/mol. The molecule has 0 aliphatic carbocycles. The number of nitrogens with zero attached hydrogens (tertiary/aromatic N) is 2. The number of rotatable bonds is 4. The zero-order valence-corrected chi connectivity index (χ0v) is 16.4. The molecule has 1 amide bonds. The standard InChI is InChI=1S/C16H21F3N2O3S2/c1-16(2,3)25-10-13(22)20-6-8-21(9-7-20)26(23,24)12-5-4-11(17)14(18)15(12)19/h4-5H,6-10H2,1-3H3. The third-order valence-electron chi connectivity index (χ3n) is 3.84. The van der Waals surface area contributed by atoms with Crippen LogP contribution in [0.15, 0.2) is 17.0 Å². The van der Waals surface area contributed by atoms with Crippen LogP contribution < -0.4 is 0 Å². The summed E-state index contributed by atoms with van der Waals surface area (Å²) in [5, 5.41) is 0. The Labute approximate surface area is 155 Å². The van der Waals surface area contributed by atoms with Crippen molar-refractivity contribution in [3.63, 3.8) is 0 Å². The van der Waals surface area contributed by atoms with E-state index in [9.17, 15) is 26.4 Å². The minimum Gasteiger partial charge on any atom is -0.339 e. The van der Waals surface area contributed by atoms with E-state index in [0.29, 0.717) is 12.1 Å². The van der Waals surface area contributed by atoms with Crippen LogP contribution in [0.1, 0.15) is 20.8 Å². The average Bonchev–Trinajstić information content (AvgIpc) is 2.57. The molecule has 0 aromatic heterocycles. The lowest BCUT2D eigenvalue weighted by atomic mass is 10.3. The van der Waals surface area contributed by atoms with Gasteiger partial charge in [0.15, 0.2) is 17.5 Å². The van der Waals surface area contributed by atoms with Crippen molar-refractivity contribution in [2.75, 3.05) is 31.9 Å². The Kier molecular flexibility index (Phi) is 6.29. The van der Waals surface area contributed by atoms with Crippen LogP contribution in [0.3, 0.4) is 0 Å². The van der Waals surface area contributed by atoms with Crippen molar-refractivity contribution in [1.82, 2.24) is 9.21 Å². The molecule has 5 nitrogen and oxygen atoms in total. The highest BCUT2D eigenvalue weighted by molar-refractivity contribution is 8.01. The van der Waals surface area contributed by atoms with E-state index in [1.54, 1.807) is 4.90 Å². The smallest absolute Gasteiger partial charge is 0.246 e. The van der Waals surface area contributed by atoms with E-state index in [1.165, 1.54) is 11.8 Å². The second-order valence-electron chi connectivity index (χ2n) is 6.86. The topological polar surface area (TPSA) is 57.7 Å². The number of carbonyl (C=O) groups excluding carboxylic acids is 1. The zero-order chi connectivity index (χ0) is 19.7. The summed E-state index contributed by atoms with van der Waals surface area (Å²) in [6.07, 6.45) is 0. The largest absolute Gasteiger partial charge is 0.339 e. The maximum Gasteiger partial charge on any atom is 0.246 e. The molecule has 1 heterocycles. The molecule has 1 aromatic rings. The molecule has 0 spiro atoms. The van der Waals surface area contributed by atoms with E-state index >= 15 is 0 Å². The quantitative estimate of drug-likeness (QED) is 0.716. The molecule has 0 unspecified atom stereocenters. The van der Waals surface area contributed by atoms with Crippen molar-refractivity contribution >= 4 is 27.7 Å². The molecule has 0 radical (unpaired) electrons. The summed E-state index contributed by atoms with van der Waals surface area (Å²) in [6, 6.07) is 1.29. The minimum absolute atomic E-state index is 0.0350. The van der Waals surface area contributed by atoms with Crippen molar-refractivity contribution < 1.29 is 26.4 Å². The van der Waals surface area contributed by atoms with E-state index in [-0.39, 0.29) is 42.6 Å². The molecule has 0 bridgehead atoms. The Morgan fingerprint density at radius 2 is 1.65 bits per heavy atom. The van der Waals surface area contributed by atoms with E-state index in [0.717, 1.165) is 4.31 Å². The Bertz CT molecular complexity index is 787. The highest BCUT2D eigenvalue weighted by Crippen LogP contribution is 2.25. The Morgan fingerprint density at radius 3 is 2.19 bits per heavy atom. The maximum atomic E-state index is 13.8. The predicted molar refractivity (Wildman–Crippen MR) is 93.9 cm³/mol. The van der Waals surface area contributed by atoms with Gasteiger partial charge in [-0.2, -0.15) is 4.31 Å². The summed E-state index contributed by atoms with van der Waals surface area (Å²) in [5.74, 6) is -4.81. The molecule has 0 saturated carbocycles. The van der Waals surface area contributed by atoms with E-state index < -0.39 is 32.4 Å². The van der Waals surface area contributed by atoms with Crippen molar-refractivity contribution in [3.8, 4) is 0 Å². The molecule has 0 atom stereocenters.